The molecule has 19 heavy (non-hydrogen) atoms. The zero-order valence-corrected chi connectivity index (χ0v) is 12.5. The Morgan fingerprint density at radius 3 is 2.37 bits per heavy atom. The fourth-order valence-electron chi connectivity index (χ4n) is 1.99. The lowest BCUT2D eigenvalue weighted by Gasteiger charge is -2.23. The van der Waals surface area contributed by atoms with Crippen LogP contribution in [0.1, 0.15) is 36.1 Å². The summed E-state index contributed by atoms with van der Waals surface area (Å²) in [4.78, 5) is 11.1. The van der Waals surface area contributed by atoms with Gasteiger partial charge in [0.25, 0.3) is 0 Å². The average molecular weight is 265 g/mol. The summed E-state index contributed by atoms with van der Waals surface area (Å²) in [6.45, 7) is 9.84. The standard InChI is InChI=1S/C15H23NO3/c1-9-7-10(2)12(13(19-6)11(9)3)8-16-15(4,5)14(17)18/h7,16H,8H2,1-6H3,(H,17,18). The van der Waals surface area contributed by atoms with Crippen molar-refractivity contribution in [1.29, 1.82) is 0 Å². The number of rotatable bonds is 5. The lowest BCUT2D eigenvalue weighted by molar-refractivity contribution is -0.143. The van der Waals surface area contributed by atoms with Crippen molar-refractivity contribution in [2.45, 2.75) is 46.7 Å². The summed E-state index contributed by atoms with van der Waals surface area (Å²) in [6, 6.07) is 2.10. The highest BCUT2D eigenvalue weighted by atomic mass is 16.5. The van der Waals surface area contributed by atoms with Crippen molar-refractivity contribution < 1.29 is 14.6 Å². The van der Waals surface area contributed by atoms with Crippen molar-refractivity contribution in [3.8, 4) is 5.75 Å². The first kappa shape index (κ1) is 15.5. The Bertz CT molecular complexity index is 493. The molecule has 2 N–H and O–H groups in total. The molecular weight excluding hydrogens is 242 g/mol. The number of carboxylic acids is 1. The van der Waals surface area contributed by atoms with Gasteiger partial charge in [-0.15, -0.1) is 0 Å². The molecule has 0 heterocycles. The van der Waals surface area contributed by atoms with E-state index < -0.39 is 11.5 Å². The van der Waals surface area contributed by atoms with Gasteiger partial charge in [0.15, 0.2) is 0 Å². The second kappa shape index (κ2) is 5.61. The number of methoxy groups -OCH3 is 1. The van der Waals surface area contributed by atoms with E-state index in [-0.39, 0.29) is 0 Å². The quantitative estimate of drug-likeness (QED) is 0.859. The number of nitrogens with one attached hydrogen (secondary N) is 1. The summed E-state index contributed by atoms with van der Waals surface area (Å²) in [5.74, 6) is -0.0286. The molecule has 0 fully saturated rings. The van der Waals surface area contributed by atoms with Gasteiger partial charge in [0, 0.05) is 12.1 Å². The second-order valence-corrected chi connectivity index (χ2v) is 5.43. The van der Waals surface area contributed by atoms with Crippen LogP contribution in [0.25, 0.3) is 0 Å². The van der Waals surface area contributed by atoms with Crippen LogP contribution in [0, 0.1) is 20.8 Å². The highest BCUT2D eigenvalue weighted by Crippen LogP contribution is 2.29. The first-order valence-corrected chi connectivity index (χ1v) is 6.32. The van der Waals surface area contributed by atoms with Gasteiger partial charge in [-0.3, -0.25) is 10.1 Å². The fourth-order valence-corrected chi connectivity index (χ4v) is 1.99. The van der Waals surface area contributed by atoms with E-state index in [0.717, 1.165) is 22.4 Å². The van der Waals surface area contributed by atoms with Gasteiger partial charge in [0.1, 0.15) is 11.3 Å². The molecule has 0 atom stereocenters. The molecule has 0 amide bonds. The number of hydrogen-bond donors (Lipinski definition) is 2. The van der Waals surface area contributed by atoms with Crippen molar-refractivity contribution in [2.75, 3.05) is 7.11 Å². The third-order valence-electron chi connectivity index (χ3n) is 3.56. The Kier molecular flexibility index (Phi) is 4.58. The van der Waals surface area contributed by atoms with Crippen molar-refractivity contribution in [3.05, 3.63) is 28.3 Å². The minimum Gasteiger partial charge on any atom is -0.496 e. The van der Waals surface area contributed by atoms with Crippen LogP contribution in [0.3, 0.4) is 0 Å². The van der Waals surface area contributed by atoms with Crippen LogP contribution < -0.4 is 10.1 Å². The Morgan fingerprint density at radius 2 is 1.89 bits per heavy atom. The molecule has 0 saturated heterocycles. The lowest BCUT2D eigenvalue weighted by atomic mass is 9.97. The molecule has 4 heteroatoms. The Hall–Kier alpha value is -1.55. The highest BCUT2D eigenvalue weighted by molar-refractivity contribution is 5.77. The Balaban J connectivity index is 3.08. The van der Waals surface area contributed by atoms with E-state index in [1.165, 1.54) is 5.56 Å². The highest BCUT2D eigenvalue weighted by Gasteiger charge is 2.27. The summed E-state index contributed by atoms with van der Waals surface area (Å²) in [5.41, 5.74) is 3.43. The third-order valence-corrected chi connectivity index (χ3v) is 3.56. The van der Waals surface area contributed by atoms with Gasteiger partial charge in [-0.2, -0.15) is 0 Å². The minimum atomic E-state index is -0.962. The van der Waals surface area contributed by atoms with Crippen molar-refractivity contribution in [3.63, 3.8) is 0 Å². The first-order chi connectivity index (χ1) is 8.70. The molecule has 4 nitrogen and oxygen atoms in total. The van der Waals surface area contributed by atoms with Gasteiger partial charge in [-0.1, -0.05) is 6.07 Å². The number of aryl methyl sites for hydroxylation is 2. The zero-order chi connectivity index (χ0) is 14.8. The van der Waals surface area contributed by atoms with Crippen molar-refractivity contribution in [2.24, 2.45) is 0 Å². The number of hydrogen-bond acceptors (Lipinski definition) is 3. The number of benzene rings is 1. The Labute approximate surface area is 114 Å². The summed E-state index contributed by atoms with van der Waals surface area (Å²) in [5, 5.41) is 12.2. The van der Waals surface area contributed by atoms with E-state index in [0.29, 0.717) is 6.54 Å². The molecule has 1 rings (SSSR count). The number of carbonyl (C=O) groups is 1. The molecule has 106 valence electrons. The number of carboxylic acid groups (broad SMARTS) is 1. The lowest BCUT2D eigenvalue weighted by Crippen LogP contribution is -2.46. The van der Waals surface area contributed by atoms with Gasteiger partial charge in [0.05, 0.1) is 7.11 Å². The molecule has 0 aliphatic rings. The summed E-state index contributed by atoms with van der Waals surface area (Å²) >= 11 is 0. The van der Waals surface area contributed by atoms with E-state index in [1.807, 2.05) is 20.8 Å². The SMILES string of the molecule is COc1c(C)c(C)cc(C)c1CNC(C)(C)C(=O)O. The molecule has 0 aromatic heterocycles. The average Bonchev–Trinajstić information content (AvgIpc) is 2.31. The molecule has 1 aromatic rings. The van der Waals surface area contributed by atoms with Gasteiger partial charge in [0.2, 0.25) is 0 Å². The predicted molar refractivity (Wildman–Crippen MR) is 75.8 cm³/mol. The summed E-state index contributed by atoms with van der Waals surface area (Å²) < 4.78 is 5.48. The van der Waals surface area contributed by atoms with Crippen molar-refractivity contribution in [1.82, 2.24) is 5.32 Å². The van der Waals surface area contributed by atoms with Crippen LogP contribution in [0.5, 0.6) is 5.75 Å². The molecule has 0 bridgehead atoms. The maximum atomic E-state index is 11.1. The summed E-state index contributed by atoms with van der Waals surface area (Å²) in [7, 11) is 1.65. The number of aliphatic carboxylic acids is 1. The van der Waals surface area contributed by atoms with Gasteiger partial charge >= 0.3 is 5.97 Å². The molecule has 0 unspecified atom stereocenters. The van der Waals surface area contributed by atoms with E-state index >= 15 is 0 Å². The maximum Gasteiger partial charge on any atom is 0.323 e. The third kappa shape index (κ3) is 3.26. The molecule has 0 aliphatic heterocycles. The largest absolute Gasteiger partial charge is 0.496 e. The topological polar surface area (TPSA) is 58.6 Å². The second-order valence-electron chi connectivity index (χ2n) is 5.43. The van der Waals surface area contributed by atoms with Crippen molar-refractivity contribution >= 4 is 5.97 Å². The molecule has 0 saturated carbocycles. The fraction of sp³-hybridized carbons (Fsp3) is 0.533. The van der Waals surface area contributed by atoms with Crippen LogP contribution in [0.4, 0.5) is 0 Å². The molecule has 0 aliphatic carbocycles. The van der Waals surface area contributed by atoms with E-state index in [2.05, 4.69) is 11.4 Å². The van der Waals surface area contributed by atoms with Gasteiger partial charge < -0.3 is 9.84 Å². The monoisotopic (exact) mass is 265 g/mol. The van der Waals surface area contributed by atoms with E-state index in [9.17, 15) is 4.79 Å². The van der Waals surface area contributed by atoms with E-state index in [1.54, 1.807) is 21.0 Å². The zero-order valence-electron chi connectivity index (χ0n) is 12.5. The van der Waals surface area contributed by atoms with Crippen LogP contribution in [0.2, 0.25) is 0 Å². The van der Waals surface area contributed by atoms with Gasteiger partial charge in [-0.05, 0) is 51.3 Å². The van der Waals surface area contributed by atoms with Crippen LogP contribution in [-0.2, 0) is 11.3 Å². The normalized spacial score (nSPS) is 11.5. The van der Waals surface area contributed by atoms with E-state index in [4.69, 9.17) is 9.84 Å². The predicted octanol–water partition coefficient (Wildman–Crippen LogP) is 2.57. The molecule has 0 spiro atoms. The number of ether oxygens (including phenoxy) is 1. The minimum absolute atomic E-state index is 0.468. The molecule has 0 radical (unpaired) electrons. The Morgan fingerprint density at radius 1 is 1.32 bits per heavy atom. The molecule has 1 aromatic carbocycles. The smallest absolute Gasteiger partial charge is 0.323 e. The van der Waals surface area contributed by atoms with Crippen LogP contribution in [-0.4, -0.2) is 23.7 Å². The van der Waals surface area contributed by atoms with Crippen LogP contribution >= 0.6 is 0 Å². The van der Waals surface area contributed by atoms with Gasteiger partial charge in [-0.25, -0.2) is 0 Å². The first-order valence-electron chi connectivity index (χ1n) is 6.32. The maximum absolute atomic E-state index is 11.1. The summed E-state index contributed by atoms with van der Waals surface area (Å²) in [6.07, 6.45) is 0. The van der Waals surface area contributed by atoms with Crippen LogP contribution in [0.15, 0.2) is 6.07 Å². The molecular formula is C15H23NO3.